The van der Waals surface area contributed by atoms with Crippen LogP contribution in [0.3, 0.4) is 0 Å². The van der Waals surface area contributed by atoms with Crippen molar-refractivity contribution in [2.45, 2.75) is 18.9 Å². The highest BCUT2D eigenvalue weighted by Gasteiger charge is 2.11. The van der Waals surface area contributed by atoms with Gasteiger partial charge in [0.15, 0.2) is 0 Å². The van der Waals surface area contributed by atoms with Crippen LogP contribution in [0.5, 0.6) is 5.75 Å². The second kappa shape index (κ2) is 6.38. The number of ether oxygens (including phenoxy) is 1. The van der Waals surface area contributed by atoms with Crippen LogP contribution in [0.25, 0.3) is 0 Å². The van der Waals surface area contributed by atoms with Gasteiger partial charge >= 0.3 is 0 Å². The quantitative estimate of drug-likeness (QED) is 0.865. The van der Waals surface area contributed by atoms with E-state index < -0.39 is 0 Å². The molecular formula is C15H21N3O. The minimum atomic E-state index is 0.343. The topological polar surface area (TPSA) is 39.1 Å². The van der Waals surface area contributed by atoms with E-state index in [-0.39, 0.29) is 0 Å². The predicted molar refractivity (Wildman–Crippen MR) is 76.3 cm³/mol. The zero-order valence-electron chi connectivity index (χ0n) is 11.8. The Morgan fingerprint density at radius 1 is 1.32 bits per heavy atom. The third kappa shape index (κ3) is 3.58. The van der Waals surface area contributed by atoms with Gasteiger partial charge in [0.1, 0.15) is 5.75 Å². The summed E-state index contributed by atoms with van der Waals surface area (Å²) in [6.45, 7) is 0. The van der Waals surface area contributed by atoms with Crippen LogP contribution in [-0.2, 0) is 13.5 Å². The normalized spacial score (nSPS) is 12.4. The molecule has 1 atom stereocenters. The highest BCUT2D eigenvalue weighted by atomic mass is 16.5. The van der Waals surface area contributed by atoms with Crippen molar-refractivity contribution in [1.82, 2.24) is 15.1 Å². The van der Waals surface area contributed by atoms with Crippen molar-refractivity contribution in [3.05, 3.63) is 47.8 Å². The van der Waals surface area contributed by atoms with Crippen LogP contribution in [0.2, 0.25) is 0 Å². The molecule has 0 bridgehead atoms. The molecular weight excluding hydrogens is 238 g/mol. The van der Waals surface area contributed by atoms with Crippen LogP contribution < -0.4 is 10.1 Å². The van der Waals surface area contributed by atoms with Crippen LogP contribution in [-0.4, -0.2) is 23.9 Å². The van der Waals surface area contributed by atoms with Crippen LogP contribution in [0, 0.1) is 0 Å². The van der Waals surface area contributed by atoms with E-state index in [0.717, 1.165) is 18.6 Å². The summed E-state index contributed by atoms with van der Waals surface area (Å²) in [7, 11) is 5.62. The van der Waals surface area contributed by atoms with Gasteiger partial charge in [0.25, 0.3) is 0 Å². The van der Waals surface area contributed by atoms with E-state index in [4.69, 9.17) is 4.74 Å². The summed E-state index contributed by atoms with van der Waals surface area (Å²) in [6.07, 6.45) is 6.07. The molecule has 1 aromatic carbocycles. The van der Waals surface area contributed by atoms with Crippen molar-refractivity contribution in [1.29, 1.82) is 0 Å². The Labute approximate surface area is 114 Å². The van der Waals surface area contributed by atoms with Crippen LogP contribution in [0.1, 0.15) is 23.6 Å². The molecule has 0 saturated heterocycles. The molecule has 2 rings (SSSR count). The Balaban J connectivity index is 1.95. The first-order valence-corrected chi connectivity index (χ1v) is 6.51. The molecule has 4 nitrogen and oxygen atoms in total. The summed E-state index contributed by atoms with van der Waals surface area (Å²) in [4.78, 5) is 0. The lowest BCUT2D eigenvalue weighted by atomic mass is 10.0. The molecule has 0 spiro atoms. The van der Waals surface area contributed by atoms with Crippen LogP contribution in [0.4, 0.5) is 0 Å². The van der Waals surface area contributed by atoms with Gasteiger partial charge in [-0.2, -0.15) is 5.10 Å². The molecule has 0 fully saturated rings. The first-order chi connectivity index (χ1) is 9.22. The Morgan fingerprint density at radius 3 is 2.58 bits per heavy atom. The molecule has 1 unspecified atom stereocenters. The number of hydrogen-bond donors (Lipinski definition) is 1. The van der Waals surface area contributed by atoms with Gasteiger partial charge < -0.3 is 10.1 Å². The van der Waals surface area contributed by atoms with Gasteiger partial charge in [0.05, 0.1) is 13.3 Å². The highest BCUT2D eigenvalue weighted by molar-refractivity contribution is 5.27. The average Bonchev–Trinajstić information content (AvgIpc) is 2.87. The van der Waals surface area contributed by atoms with Crippen LogP contribution >= 0.6 is 0 Å². The Bertz CT molecular complexity index is 504. The third-order valence-electron chi connectivity index (χ3n) is 3.36. The standard InChI is InChI=1S/C15H21N3O/c1-16-15(13-10-17-18(2)11-13)9-6-12-4-7-14(19-3)8-5-12/h4-5,7-8,10-11,15-16H,6,9H2,1-3H3. The number of methoxy groups -OCH3 is 1. The summed E-state index contributed by atoms with van der Waals surface area (Å²) in [5, 5.41) is 7.57. The van der Waals surface area contributed by atoms with E-state index in [1.807, 2.05) is 37.1 Å². The number of hydrogen-bond acceptors (Lipinski definition) is 3. The van der Waals surface area contributed by atoms with Crippen LogP contribution in [0.15, 0.2) is 36.7 Å². The maximum atomic E-state index is 5.16. The van der Waals surface area contributed by atoms with Crippen molar-refractivity contribution in [3.63, 3.8) is 0 Å². The van der Waals surface area contributed by atoms with Gasteiger partial charge in [-0.05, 0) is 37.6 Å². The number of aromatic nitrogens is 2. The molecule has 1 heterocycles. The first kappa shape index (κ1) is 13.6. The molecule has 4 heteroatoms. The van der Waals surface area contributed by atoms with E-state index >= 15 is 0 Å². The minimum absolute atomic E-state index is 0.343. The molecule has 19 heavy (non-hydrogen) atoms. The van der Waals surface area contributed by atoms with Crippen molar-refractivity contribution in [2.75, 3.05) is 14.2 Å². The van der Waals surface area contributed by atoms with Gasteiger partial charge in [-0.15, -0.1) is 0 Å². The first-order valence-electron chi connectivity index (χ1n) is 6.51. The van der Waals surface area contributed by atoms with E-state index in [2.05, 4.69) is 28.7 Å². The predicted octanol–water partition coefficient (Wildman–Crippen LogP) is 2.32. The molecule has 0 aliphatic heterocycles. The smallest absolute Gasteiger partial charge is 0.118 e. The van der Waals surface area contributed by atoms with Gasteiger partial charge in [-0.1, -0.05) is 12.1 Å². The zero-order valence-corrected chi connectivity index (χ0v) is 11.8. The summed E-state index contributed by atoms with van der Waals surface area (Å²) in [6, 6.07) is 8.60. The highest BCUT2D eigenvalue weighted by Crippen LogP contribution is 2.19. The van der Waals surface area contributed by atoms with Gasteiger partial charge in [0.2, 0.25) is 0 Å². The summed E-state index contributed by atoms with van der Waals surface area (Å²) in [5.41, 5.74) is 2.56. The lowest BCUT2D eigenvalue weighted by Gasteiger charge is -2.14. The van der Waals surface area contributed by atoms with Crippen molar-refractivity contribution < 1.29 is 4.74 Å². The van der Waals surface area contributed by atoms with E-state index in [1.165, 1.54) is 11.1 Å². The number of nitrogens with one attached hydrogen (secondary N) is 1. The van der Waals surface area contributed by atoms with Crippen molar-refractivity contribution >= 4 is 0 Å². The van der Waals surface area contributed by atoms with Gasteiger partial charge in [-0.3, -0.25) is 4.68 Å². The lowest BCUT2D eigenvalue weighted by Crippen LogP contribution is -2.16. The number of benzene rings is 1. The fraction of sp³-hybridized carbons (Fsp3) is 0.400. The van der Waals surface area contributed by atoms with Gasteiger partial charge in [-0.25, -0.2) is 0 Å². The fourth-order valence-corrected chi connectivity index (χ4v) is 2.20. The second-order valence-corrected chi connectivity index (χ2v) is 4.68. The van der Waals surface area contributed by atoms with E-state index in [9.17, 15) is 0 Å². The maximum Gasteiger partial charge on any atom is 0.118 e. The van der Waals surface area contributed by atoms with E-state index in [0.29, 0.717) is 6.04 Å². The maximum absolute atomic E-state index is 5.16. The molecule has 1 aromatic heterocycles. The number of nitrogens with zero attached hydrogens (tertiary/aromatic N) is 2. The number of aryl methyl sites for hydroxylation is 2. The molecule has 0 amide bonds. The molecule has 102 valence electrons. The zero-order chi connectivity index (χ0) is 13.7. The monoisotopic (exact) mass is 259 g/mol. The van der Waals surface area contributed by atoms with E-state index in [1.54, 1.807) is 7.11 Å². The molecule has 0 aliphatic rings. The SMILES string of the molecule is CNC(CCc1ccc(OC)cc1)c1cnn(C)c1. The molecule has 2 aromatic rings. The average molecular weight is 259 g/mol. The summed E-state index contributed by atoms with van der Waals surface area (Å²) in [5.74, 6) is 0.904. The van der Waals surface area contributed by atoms with Gasteiger partial charge in [0, 0.05) is 24.8 Å². The summed E-state index contributed by atoms with van der Waals surface area (Å²) < 4.78 is 7.00. The Morgan fingerprint density at radius 2 is 2.05 bits per heavy atom. The van der Waals surface area contributed by atoms with Crippen molar-refractivity contribution in [3.8, 4) is 5.75 Å². The number of rotatable bonds is 6. The minimum Gasteiger partial charge on any atom is -0.497 e. The fourth-order valence-electron chi connectivity index (χ4n) is 2.20. The molecule has 0 aliphatic carbocycles. The molecule has 0 saturated carbocycles. The second-order valence-electron chi connectivity index (χ2n) is 4.68. The molecule has 0 radical (unpaired) electrons. The summed E-state index contributed by atoms with van der Waals surface area (Å²) >= 11 is 0. The third-order valence-corrected chi connectivity index (χ3v) is 3.36. The Kier molecular flexibility index (Phi) is 4.58. The molecule has 1 N–H and O–H groups in total. The largest absolute Gasteiger partial charge is 0.497 e. The lowest BCUT2D eigenvalue weighted by molar-refractivity contribution is 0.414. The Hall–Kier alpha value is -1.81. The van der Waals surface area contributed by atoms with Crippen molar-refractivity contribution in [2.24, 2.45) is 7.05 Å².